The largest absolute Gasteiger partial charge is 0.481 e. The molecular formula is C12H22O4S. The minimum absolute atomic E-state index is 0.0937. The molecule has 0 heterocycles. The maximum absolute atomic E-state index is 11.9. The summed E-state index contributed by atoms with van der Waals surface area (Å²) in [6, 6.07) is 0. The van der Waals surface area contributed by atoms with Crippen molar-refractivity contribution in [1.29, 1.82) is 0 Å². The number of hydrogen-bond donors (Lipinski definition) is 2. The van der Waals surface area contributed by atoms with E-state index in [0.29, 0.717) is 25.7 Å². The highest BCUT2D eigenvalue weighted by molar-refractivity contribution is 7.85. The number of carboxylic acid groups (broad SMARTS) is 1. The van der Waals surface area contributed by atoms with E-state index < -0.39 is 22.4 Å². The van der Waals surface area contributed by atoms with Crippen molar-refractivity contribution in [3.05, 3.63) is 0 Å². The van der Waals surface area contributed by atoms with Gasteiger partial charge in [-0.3, -0.25) is 9.00 Å². The van der Waals surface area contributed by atoms with Gasteiger partial charge in [-0.25, -0.2) is 0 Å². The number of carbonyl (C=O) groups is 1. The van der Waals surface area contributed by atoms with E-state index in [0.717, 1.165) is 6.42 Å². The molecule has 0 amide bonds. The van der Waals surface area contributed by atoms with Crippen molar-refractivity contribution in [2.24, 2.45) is 5.92 Å². The lowest BCUT2D eigenvalue weighted by Crippen LogP contribution is -2.42. The highest BCUT2D eigenvalue weighted by Crippen LogP contribution is 2.33. The molecule has 2 atom stereocenters. The molecule has 0 aromatic heterocycles. The maximum Gasteiger partial charge on any atom is 0.306 e. The third-order valence-corrected chi connectivity index (χ3v) is 5.75. The summed E-state index contributed by atoms with van der Waals surface area (Å²) in [4.78, 5) is 10.8. The highest BCUT2D eigenvalue weighted by Gasteiger charge is 2.37. The molecule has 0 spiro atoms. The minimum atomic E-state index is -1.02. The van der Waals surface area contributed by atoms with Crippen LogP contribution in [0.25, 0.3) is 0 Å². The summed E-state index contributed by atoms with van der Waals surface area (Å²) < 4.78 is 11.9. The highest BCUT2D eigenvalue weighted by atomic mass is 32.2. The molecule has 2 unspecified atom stereocenters. The van der Waals surface area contributed by atoms with Crippen molar-refractivity contribution in [3.8, 4) is 0 Å². The van der Waals surface area contributed by atoms with E-state index in [9.17, 15) is 14.1 Å². The maximum atomic E-state index is 11.9. The SMILES string of the molecule is CCC(C)S(=O)CC1(O)CCC(C(=O)O)CC1. The quantitative estimate of drug-likeness (QED) is 0.788. The Labute approximate surface area is 105 Å². The van der Waals surface area contributed by atoms with Gasteiger partial charge >= 0.3 is 5.97 Å². The van der Waals surface area contributed by atoms with Crippen molar-refractivity contribution in [2.75, 3.05) is 5.75 Å². The Morgan fingerprint density at radius 3 is 2.41 bits per heavy atom. The molecule has 0 aromatic carbocycles. The van der Waals surface area contributed by atoms with Crippen LogP contribution in [0.2, 0.25) is 0 Å². The van der Waals surface area contributed by atoms with Crippen LogP contribution in [0, 0.1) is 5.92 Å². The number of rotatable bonds is 5. The number of aliphatic hydroxyl groups is 1. The van der Waals surface area contributed by atoms with Gasteiger partial charge < -0.3 is 10.2 Å². The number of carboxylic acids is 1. The zero-order valence-electron chi connectivity index (χ0n) is 10.5. The summed E-state index contributed by atoms with van der Waals surface area (Å²) >= 11 is 0. The van der Waals surface area contributed by atoms with Gasteiger partial charge in [0.25, 0.3) is 0 Å². The van der Waals surface area contributed by atoms with Crippen molar-refractivity contribution in [2.45, 2.75) is 56.8 Å². The number of hydrogen-bond acceptors (Lipinski definition) is 3. The van der Waals surface area contributed by atoms with Crippen LogP contribution in [0.3, 0.4) is 0 Å². The van der Waals surface area contributed by atoms with Gasteiger partial charge in [-0.2, -0.15) is 0 Å². The van der Waals surface area contributed by atoms with E-state index in [1.165, 1.54) is 0 Å². The van der Waals surface area contributed by atoms with E-state index in [4.69, 9.17) is 5.11 Å². The Balaban J connectivity index is 2.50. The molecule has 0 aliphatic heterocycles. The third kappa shape index (κ3) is 4.07. The molecule has 1 saturated carbocycles. The van der Waals surface area contributed by atoms with Gasteiger partial charge in [0.15, 0.2) is 0 Å². The van der Waals surface area contributed by atoms with Crippen LogP contribution in [-0.4, -0.2) is 37.0 Å². The average Bonchev–Trinajstić information content (AvgIpc) is 2.27. The van der Waals surface area contributed by atoms with E-state index in [-0.39, 0.29) is 16.9 Å². The zero-order valence-corrected chi connectivity index (χ0v) is 11.3. The molecule has 0 saturated heterocycles. The Kier molecular flexibility index (Phi) is 5.13. The lowest BCUT2D eigenvalue weighted by Gasteiger charge is -2.34. The Morgan fingerprint density at radius 1 is 1.47 bits per heavy atom. The Hall–Kier alpha value is -0.420. The predicted octanol–water partition coefficient (Wildman–Crippen LogP) is 1.54. The summed E-state index contributed by atoms with van der Waals surface area (Å²) in [6.07, 6.45) is 2.71. The van der Waals surface area contributed by atoms with E-state index >= 15 is 0 Å². The molecule has 2 N–H and O–H groups in total. The summed E-state index contributed by atoms with van der Waals surface area (Å²) in [5.74, 6) is -0.837. The molecule has 1 fully saturated rings. The fourth-order valence-electron chi connectivity index (χ4n) is 2.14. The summed E-state index contributed by atoms with van der Waals surface area (Å²) in [6.45, 7) is 3.90. The monoisotopic (exact) mass is 262 g/mol. The number of aliphatic carboxylic acids is 1. The molecule has 5 heteroatoms. The lowest BCUT2D eigenvalue weighted by molar-refractivity contribution is -0.144. The van der Waals surface area contributed by atoms with Crippen molar-refractivity contribution in [1.82, 2.24) is 0 Å². The Morgan fingerprint density at radius 2 is 2.00 bits per heavy atom. The van der Waals surface area contributed by atoms with Crippen LogP contribution >= 0.6 is 0 Å². The molecule has 1 aliphatic rings. The topological polar surface area (TPSA) is 74.6 Å². The van der Waals surface area contributed by atoms with Crippen LogP contribution in [-0.2, 0) is 15.6 Å². The standard InChI is InChI=1S/C12H22O4S/c1-3-9(2)17(16)8-12(15)6-4-10(5-7-12)11(13)14/h9-10,15H,3-8H2,1-2H3,(H,13,14). The van der Waals surface area contributed by atoms with E-state index in [1.807, 2.05) is 13.8 Å². The van der Waals surface area contributed by atoms with Crippen molar-refractivity contribution >= 4 is 16.8 Å². The van der Waals surface area contributed by atoms with Crippen LogP contribution in [0.5, 0.6) is 0 Å². The van der Waals surface area contributed by atoms with Crippen LogP contribution in [0.4, 0.5) is 0 Å². The Bertz CT molecular complexity index is 295. The second-order valence-electron chi connectivity index (χ2n) is 5.08. The first-order valence-corrected chi connectivity index (χ1v) is 7.58. The molecule has 4 nitrogen and oxygen atoms in total. The molecule has 0 aromatic rings. The second kappa shape index (κ2) is 5.96. The fourth-order valence-corrected chi connectivity index (χ4v) is 3.61. The van der Waals surface area contributed by atoms with Gasteiger partial charge in [-0.05, 0) is 32.1 Å². The van der Waals surface area contributed by atoms with Crippen LogP contribution in [0.15, 0.2) is 0 Å². The molecule has 17 heavy (non-hydrogen) atoms. The van der Waals surface area contributed by atoms with E-state index in [2.05, 4.69) is 0 Å². The molecule has 1 aliphatic carbocycles. The predicted molar refractivity (Wildman–Crippen MR) is 67.3 cm³/mol. The molecule has 100 valence electrons. The van der Waals surface area contributed by atoms with E-state index in [1.54, 1.807) is 0 Å². The lowest BCUT2D eigenvalue weighted by atomic mass is 9.80. The summed E-state index contributed by atoms with van der Waals surface area (Å²) in [5, 5.41) is 19.3. The van der Waals surface area contributed by atoms with Crippen LogP contribution in [0.1, 0.15) is 46.0 Å². The summed E-state index contributed by atoms with van der Waals surface area (Å²) in [5.41, 5.74) is -0.916. The minimum Gasteiger partial charge on any atom is -0.481 e. The normalized spacial score (nSPS) is 33.0. The molecule has 1 rings (SSSR count). The van der Waals surface area contributed by atoms with Gasteiger partial charge in [0.05, 0.1) is 17.3 Å². The zero-order chi connectivity index (χ0) is 13.1. The molecule has 0 radical (unpaired) electrons. The van der Waals surface area contributed by atoms with Crippen LogP contribution < -0.4 is 0 Å². The van der Waals surface area contributed by atoms with Gasteiger partial charge in [0.1, 0.15) is 0 Å². The molecular weight excluding hydrogens is 240 g/mol. The average molecular weight is 262 g/mol. The fraction of sp³-hybridized carbons (Fsp3) is 0.917. The van der Waals surface area contributed by atoms with Crippen molar-refractivity contribution < 1.29 is 19.2 Å². The van der Waals surface area contributed by atoms with Gasteiger partial charge in [-0.1, -0.05) is 13.8 Å². The smallest absolute Gasteiger partial charge is 0.306 e. The first-order valence-electron chi connectivity index (χ1n) is 6.20. The molecule has 0 bridgehead atoms. The van der Waals surface area contributed by atoms with Gasteiger partial charge in [0.2, 0.25) is 0 Å². The van der Waals surface area contributed by atoms with Gasteiger partial charge in [-0.15, -0.1) is 0 Å². The third-order valence-electron chi connectivity index (χ3n) is 3.70. The summed E-state index contributed by atoms with van der Waals surface area (Å²) in [7, 11) is -1.02. The van der Waals surface area contributed by atoms with Gasteiger partial charge in [0, 0.05) is 16.0 Å². The first-order chi connectivity index (χ1) is 7.88. The second-order valence-corrected chi connectivity index (χ2v) is 6.94. The van der Waals surface area contributed by atoms with Crippen molar-refractivity contribution in [3.63, 3.8) is 0 Å². The first kappa shape index (κ1) is 14.6.